The highest BCUT2D eigenvalue weighted by Crippen LogP contribution is 2.35. The predicted molar refractivity (Wildman–Crippen MR) is 125 cm³/mol. The van der Waals surface area contributed by atoms with Crippen molar-refractivity contribution in [2.24, 2.45) is 0 Å². The third-order valence-electron chi connectivity index (χ3n) is 4.50. The molecule has 1 N–H and O–H groups in total. The Balaban J connectivity index is 1.75. The van der Waals surface area contributed by atoms with Crippen molar-refractivity contribution in [2.75, 3.05) is 13.2 Å². The molecule has 0 spiro atoms. The topological polar surface area (TPSA) is 76.1 Å². The van der Waals surface area contributed by atoms with Gasteiger partial charge < -0.3 is 14.6 Å². The number of ether oxygens (including phenoxy) is 2. The van der Waals surface area contributed by atoms with Crippen LogP contribution in [0.25, 0.3) is 6.08 Å². The average Bonchev–Trinajstić information content (AvgIpc) is 3.00. The summed E-state index contributed by atoms with van der Waals surface area (Å²) in [6, 6.07) is 13.6. The van der Waals surface area contributed by atoms with Crippen LogP contribution < -0.4 is 9.47 Å². The predicted octanol–water partition coefficient (Wildman–Crippen LogP) is 4.65. The van der Waals surface area contributed by atoms with Gasteiger partial charge in [0, 0.05) is 6.54 Å². The normalized spacial score (nSPS) is 14.9. The quantitative estimate of drug-likeness (QED) is 0.434. The summed E-state index contributed by atoms with van der Waals surface area (Å²) >= 11 is 6.39. The van der Waals surface area contributed by atoms with Gasteiger partial charge in [0.2, 0.25) is 0 Å². The van der Waals surface area contributed by atoms with E-state index in [0.29, 0.717) is 33.9 Å². The lowest BCUT2D eigenvalue weighted by Gasteiger charge is -2.13. The molecule has 2 aromatic rings. The van der Waals surface area contributed by atoms with E-state index >= 15 is 0 Å². The van der Waals surface area contributed by atoms with Crippen LogP contribution in [0.3, 0.4) is 0 Å². The van der Waals surface area contributed by atoms with Gasteiger partial charge in [0.15, 0.2) is 11.5 Å². The van der Waals surface area contributed by atoms with Gasteiger partial charge in [-0.2, -0.15) is 0 Å². The van der Waals surface area contributed by atoms with E-state index in [1.54, 1.807) is 6.08 Å². The number of thioether (sulfide) groups is 1. The van der Waals surface area contributed by atoms with Crippen LogP contribution in [0.5, 0.6) is 11.5 Å². The molecule has 1 heterocycles. The molecule has 1 aliphatic heterocycles. The summed E-state index contributed by atoms with van der Waals surface area (Å²) in [5, 5.41) is 8.85. The largest absolute Gasteiger partial charge is 0.490 e. The Morgan fingerprint density at radius 2 is 1.90 bits per heavy atom. The van der Waals surface area contributed by atoms with Crippen LogP contribution in [0.1, 0.15) is 30.0 Å². The second-order valence-electron chi connectivity index (χ2n) is 6.89. The molecule has 0 saturated carbocycles. The number of carboxylic acid groups (broad SMARTS) is 1. The second kappa shape index (κ2) is 10.5. The first-order valence-corrected chi connectivity index (χ1v) is 11.0. The number of thiocarbonyl (C=S) groups is 1. The number of benzene rings is 2. The molecule has 1 aliphatic rings. The Morgan fingerprint density at radius 3 is 2.58 bits per heavy atom. The first-order chi connectivity index (χ1) is 14.9. The molecule has 2 aromatic carbocycles. The number of amides is 1. The highest BCUT2D eigenvalue weighted by Gasteiger charge is 2.32. The van der Waals surface area contributed by atoms with Crippen molar-refractivity contribution >= 4 is 46.3 Å². The molecule has 6 nitrogen and oxygen atoms in total. The maximum absolute atomic E-state index is 12.6. The van der Waals surface area contributed by atoms with Crippen molar-refractivity contribution in [3.63, 3.8) is 0 Å². The first kappa shape index (κ1) is 22.8. The molecule has 31 heavy (non-hydrogen) atoms. The molecule has 8 heteroatoms. The monoisotopic (exact) mass is 457 g/mol. The van der Waals surface area contributed by atoms with Gasteiger partial charge >= 0.3 is 5.97 Å². The summed E-state index contributed by atoms with van der Waals surface area (Å²) in [6.07, 6.45) is 1.58. The minimum Gasteiger partial charge on any atom is -0.490 e. The van der Waals surface area contributed by atoms with Crippen molar-refractivity contribution < 1.29 is 24.2 Å². The first-order valence-electron chi connectivity index (χ1n) is 9.79. The summed E-state index contributed by atoms with van der Waals surface area (Å²) < 4.78 is 12.0. The minimum atomic E-state index is -0.972. The maximum atomic E-state index is 12.6. The minimum absolute atomic E-state index is 0.0628. The smallest absolute Gasteiger partial charge is 0.305 e. The molecule has 162 valence electrons. The average molecular weight is 458 g/mol. The number of carbonyl (C=O) groups excluding carboxylic acids is 1. The Kier molecular flexibility index (Phi) is 7.70. The molecule has 1 fully saturated rings. The van der Waals surface area contributed by atoms with Gasteiger partial charge in [-0.05, 0) is 43.2 Å². The van der Waals surface area contributed by atoms with Gasteiger partial charge in [-0.25, -0.2) is 0 Å². The Hall–Kier alpha value is -2.84. The second-order valence-corrected chi connectivity index (χ2v) is 8.57. The van der Waals surface area contributed by atoms with Crippen LogP contribution in [0, 0.1) is 6.92 Å². The number of aryl methyl sites for hydroxylation is 1. The zero-order valence-electron chi connectivity index (χ0n) is 17.3. The summed E-state index contributed by atoms with van der Waals surface area (Å²) in [6.45, 7) is 4.89. The van der Waals surface area contributed by atoms with Crippen molar-refractivity contribution in [1.82, 2.24) is 4.90 Å². The van der Waals surface area contributed by atoms with E-state index in [1.165, 1.54) is 10.5 Å². The van der Waals surface area contributed by atoms with E-state index in [-0.39, 0.29) is 18.9 Å². The molecule has 3 rings (SSSR count). The van der Waals surface area contributed by atoms with Crippen molar-refractivity contribution in [2.45, 2.75) is 26.9 Å². The third-order valence-corrected chi connectivity index (χ3v) is 5.88. The fourth-order valence-corrected chi connectivity index (χ4v) is 4.21. The van der Waals surface area contributed by atoms with Crippen molar-refractivity contribution in [3.8, 4) is 11.5 Å². The van der Waals surface area contributed by atoms with Gasteiger partial charge in [0.25, 0.3) is 5.91 Å². The third kappa shape index (κ3) is 6.08. The van der Waals surface area contributed by atoms with Gasteiger partial charge in [0.1, 0.15) is 10.9 Å². The molecule has 0 aromatic heterocycles. The Labute approximate surface area is 190 Å². The van der Waals surface area contributed by atoms with Crippen LogP contribution in [0.2, 0.25) is 0 Å². The van der Waals surface area contributed by atoms with Crippen LogP contribution in [-0.2, 0) is 16.2 Å². The summed E-state index contributed by atoms with van der Waals surface area (Å²) in [5.41, 5.74) is 3.02. The number of carbonyl (C=O) groups is 2. The zero-order chi connectivity index (χ0) is 22.4. The highest BCUT2D eigenvalue weighted by molar-refractivity contribution is 8.26. The molecule has 0 radical (unpaired) electrons. The molecule has 0 atom stereocenters. The Bertz CT molecular complexity index is 1020. The molecular formula is C23H23NO5S2. The number of hydrogen-bond acceptors (Lipinski definition) is 6. The lowest BCUT2D eigenvalue weighted by molar-refractivity contribution is -0.137. The zero-order valence-corrected chi connectivity index (χ0v) is 18.9. The van der Waals surface area contributed by atoms with Crippen LogP contribution in [-0.4, -0.2) is 39.4 Å². The highest BCUT2D eigenvalue weighted by atomic mass is 32.2. The molecule has 0 aliphatic carbocycles. The number of aliphatic carboxylic acids is 1. The molecular weight excluding hydrogens is 434 g/mol. The van der Waals surface area contributed by atoms with E-state index in [2.05, 4.69) is 0 Å². The van der Waals surface area contributed by atoms with Crippen molar-refractivity contribution in [1.29, 1.82) is 0 Å². The fraction of sp³-hybridized carbons (Fsp3) is 0.261. The van der Waals surface area contributed by atoms with E-state index in [4.69, 9.17) is 26.8 Å². The van der Waals surface area contributed by atoms with E-state index in [0.717, 1.165) is 22.9 Å². The number of nitrogens with zero attached hydrogens (tertiary/aromatic N) is 1. The van der Waals surface area contributed by atoms with Gasteiger partial charge in [0.05, 0.1) is 17.9 Å². The van der Waals surface area contributed by atoms with Crippen molar-refractivity contribution in [3.05, 3.63) is 64.1 Å². The molecule has 1 amide bonds. The molecule has 0 unspecified atom stereocenters. The number of hydrogen-bond donors (Lipinski definition) is 1. The number of carboxylic acids is 1. The molecule has 1 saturated heterocycles. The lowest BCUT2D eigenvalue weighted by atomic mass is 10.1. The summed E-state index contributed by atoms with van der Waals surface area (Å²) in [4.78, 5) is 25.2. The SMILES string of the molecule is CCOc1cc(/C=C2/SC(=S)N(CCC(=O)O)C2=O)ccc1OCc1ccc(C)cc1. The van der Waals surface area contributed by atoms with E-state index < -0.39 is 5.97 Å². The Morgan fingerprint density at radius 1 is 1.16 bits per heavy atom. The van der Waals surface area contributed by atoms with Crippen LogP contribution in [0.15, 0.2) is 47.4 Å². The maximum Gasteiger partial charge on any atom is 0.305 e. The van der Waals surface area contributed by atoms with Gasteiger partial charge in [-0.15, -0.1) is 0 Å². The van der Waals surface area contributed by atoms with Crippen LogP contribution >= 0.6 is 24.0 Å². The molecule has 0 bridgehead atoms. The summed E-state index contributed by atoms with van der Waals surface area (Å²) in [7, 11) is 0. The lowest BCUT2D eigenvalue weighted by Crippen LogP contribution is -2.30. The van der Waals surface area contributed by atoms with E-state index in [9.17, 15) is 9.59 Å². The number of rotatable bonds is 9. The van der Waals surface area contributed by atoms with Crippen LogP contribution in [0.4, 0.5) is 0 Å². The van der Waals surface area contributed by atoms with Gasteiger partial charge in [-0.3, -0.25) is 14.5 Å². The fourth-order valence-electron chi connectivity index (χ4n) is 2.90. The van der Waals surface area contributed by atoms with E-state index in [1.807, 2.05) is 56.3 Å². The summed E-state index contributed by atoms with van der Waals surface area (Å²) in [5.74, 6) is -0.0483. The standard InChI is InChI=1S/C23H23NO5S2/c1-3-28-19-12-17(8-9-18(19)29-14-16-6-4-15(2)5-7-16)13-20-22(27)24(23(30)31-20)11-10-21(25)26/h4-9,12-13H,3,10-11,14H2,1-2H3,(H,25,26)/b20-13+. The van der Waals surface area contributed by atoms with Gasteiger partial charge in [-0.1, -0.05) is 59.9 Å².